The Hall–Kier alpha value is -2.23. The number of benzene rings is 1. The Balaban J connectivity index is 2.25. The lowest BCUT2D eigenvalue weighted by Gasteiger charge is -2.20. The number of carbonyl (C=O) groups excluding carboxylic acids is 1. The van der Waals surface area contributed by atoms with Crippen LogP contribution in [0.3, 0.4) is 0 Å². The molecule has 1 aromatic rings. The topological polar surface area (TPSA) is 78.9 Å². The van der Waals surface area contributed by atoms with Crippen LogP contribution in [0.2, 0.25) is 0 Å². The van der Waals surface area contributed by atoms with Crippen LogP contribution in [-0.2, 0) is 11.0 Å². The van der Waals surface area contributed by atoms with Gasteiger partial charge in [0.05, 0.1) is 22.7 Å². The van der Waals surface area contributed by atoms with Crippen molar-refractivity contribution in [1.82, 2.24) is 0 Å². The van der Waals surface area contributed by atoms with Gasteiger partial charge in [-0.05, 0) is 31.0 Å². The zero-order valence-electron chi connectivity index (χ0n) is 11.1. The Morgan fingerprint density at radius 3 is 2.67 bits per heavy atom. The summed E-state index contributed by atoms with van der Waals surface area (Å²) in [5.74, 6) is -0.797. The van der Waals surface area contributed by atoms with Gasteiger partial charge in [-0.1, -0.05) is 6.42 Å². The van der Waals surface area contributed by atoms with E-state index in [-0.39, 0.29) is 17.5 Å². The standard InChI is InChI=1S/C14H14F3N3O/c15-14(16,17)9-4-5-11(8(6-9)7-18)20-12-3-1-2-10(12)13(19)21/h4-6,10,12,20H,1-3H2,(H2,19,21)/t10-,12-/m1/s1. The predicted octanol–water partition coefficient (Wildman–Crippen LogP) is 2.64. The lowest BCUT2D eigenvalue weighted by atomic mass is 10.0. The number of hydrogen-bond acceptors (Lipinski definition) is 3. The van der Waals surface area contributed by atoms with Crippen LogP contribution in [0.25, 0.3) is 0 Å². The SMILES string of the molecule is N#Cc1cc(C(F)(F)F)ccc1N[C@@H]1CCC[C@H]1C(N)=O. The molecule has 7 heteroatoms. The zero-order valence-corrected chi connectivity index (χ0v) is 11.1. The first-order valence-electron chi connectivity index (χ1n) is 6.50. The summed E-state index contributed by atoms with van der Waals surface area (Å²) in [5.41, 5.74) is 4.63. The summed E-state index contributed by atoms with van der Waals surface area (Å²) in [6.45, 7) is 0. The van der Waals surface area contributed by atoms with Crippen molar-refractivity contribution in [3.8, 4) is 6.07 Å². The van der Waals surface area contributed by atoms with Crippen molar-refractivity contribution in [3.05, 3.63) is 29.3 Å². The van der Waals surface area contributed by atoms with E-state index in [0.717, 1.165) is 18.6 Å². The summed E-state index contributed by atoms with van der Waals surface area (Å²) < 4.78 is 37.9. The number of halogens is 3. The molecule has 1 aliphatic rings. The summed E-state index contributed by atoms with van der Waals surface area (Å²) in [6, 6.07) is 4.44. The Bertz CT molecular complexity index is 592. The van der Waals surface area contributed by atoms with Crippen LogP contribution in [0.1, 0.15) is 30.4 Å². The van der Waals surface area contributed by atoms with Crippen LogP contribution in [0.15, 0.2) is 18.2 Å². The quantitative estimate of drug-likeness (QED) is 0.900. The van der Waals surface area contributed by atoms with Crippen LogP contribution < -0.4 is 11.1 Å². The summed E-state index contributed by atoms with van der Waals surface area (Å²) in [7, 11) is 0. The molecule has 0 unspecified atom stereocenters. The van der Waals surface area contributed by atoms with Gasteiger partial charge in [-0.25, -0.2) is 0 Å². The molecule has 0 spiro atoms. The van der Waals surface area contributed by atoms with Gasteiger partial charge in [0.1, 0.15) is 6.07 Å². The van der Waals surface area contributed by atoms with E-state index in [4.69, 9.17) is 11.0 Å². The van der Waals surface area contributed by atoms with E-state index in [1.54, 1.807) is 6.07 Å². The maximum absolute atomic E-state index is 12.6. The summed E-state index contributed by atoms with van der Waals surface area (Å²) in [6.07, 6.45) is -2.34. The van der Waals surface area contributed by atoms with Crippen molar-refractivity contribution < 1.29 is 18.0 Å². The first-order valence-corrected chi connectivity index (χ1v) is 6.50. The van der Waals surface area contributed by atoms with Gasteiger partial charge in [0, 0.05) is 6.04 Å². The minimum atomic E-state index is -4.49. The largest absolute Gasteiger partial charge is 0.416 e. The fourth-order valence-electron chi connectivity index (χ4n) is 2.61. The highest BCUT2D eigenvalue weighted by Gasteiger charge is 2.33. The molecule has 1 aliphatic carbocycles. The van der Waals surface area contributed by atoms with Crippen LogP contribution in [0.4, 0.5) is 18.9 Å². The van der Waals surface area contributed by atoms with Gasteiger partial charge in [-0.15, -0.1) is 0 Å². The number of nitrogens with zero attached hydrogens (tertiary/aromatic N) is 1. The van der Waals surface area contributed by atoms with E-state index in [1.807, 2.05) is 0 Å². The Morgan fingerprint density at radius 1 is 1.38 bits per heavy atom. The summed E-state index contributed by atoms with van der Waals surface area (Å²) in [4.78, 5) is 11.3. The second kappa shape index (κ2) is 5.64. The number of primary amides is 1. The third kappa shape index (κ3) is 3.27. The summed E-state index contributed by atoms with van der Waals surface area (Å²) in [5, 5.41) is 12.0. The van der Waals surface area contributed by atoms with Gasteiger partial charge >= 0.3 is 6.18 Å². The van der Waals surface area contributed by atoms with Crippen molar-refractivity contribution in [2.24, 2.45) is 11.7 Å². The Labute approximate surface area is 119 Å². The first-order chi connectivity index (χ1) is 9.82. The monoisotopic (exact) mass is 297 g/mol. The maximum Gasteiger partial charge on any atom is 0.416 e. The third-order valence-electron chi connectivity index (χ3n) is 3.69. The minimum absolute atomic E-state index is 0.0973. The van der Waals surface area contributed by atoms with E-state index in [9.17, 15) is 18.0 Å². The molecule has 1 saturated carbocycles. The second-order valence-corrected chi connectivity index (χ2v) is 5.06. The highest BCUT2D eigenvalue weighted by molar-refractivity contribution is 5.78. The average Bonchev–Trinajstić information content (AvgIpc) is 2.86. The molecule has 1 fully saturated rings. The molecule has 3 N–H and O–H groups in total. The molecular weight excluding hydrogens is 283 g/mol. The van der Waals surface area contributed by atoms with Crippen molar-refractivity contribution in [1.29, 1.82) is 5.26 Å². The van der Waals surface area contributed by atoms with Gasteiger partial charge in [0.25, 0.3) is 0 Å². The molecule has 0 radical (unpaired) electrons. The van der Waals surface area contributed by atoms with E-state index >= 15 is 0 Å². The van der Waals surface area contributed by atoms with Gasteiger partial charge in [0.15, 0.2) is 0 Å². The number of carbonyl (C=O) groups is 1. The van der Waals surface area contributed by atoms with Crippen molar-refractivity contribution >= 4 is 11.6 Å². The number of nitrogens with two attached hydrogens (primary N) is 1. The van der Waals surface area contributed by atoms with Crippen LogP contribution in [0.5, 0.6) is 0 Å². The van der Waals surface area contributed by atoms with Gasteiger partial charge in [-0.3, -0.25) is 4.79 Å². The van der Waals surface area contributed by atoms with Gasteiger partial charge in [-0.2, -0.15) is 18.4 Å². The zero-order chi connectivity index (χ0) is 15.6. The molecule has 1 aromatic carbocycles. The molecular formula is C14H14F3N3O. The molecule has 4 nitrogen and oxygen atoms in total. The smallest absolute Gasteiger partial charge is 0.380 e. The Morgan fingerprint density at radius 2 is 2.10 bits per heavy atom. The van der Waals surface area contributed by atoms with E-state index in [1.165, 1.54) is 6.07 Å². The Kier molecular flexibility index (Phi) is 4.07. The van der Waals surface area contributed by atoms with E-state index < -0.39 is 17.6 Å². The number of alkyl halides is 3. The molecule has 2 atom stereocenters. The highest BCUT2D eigenvalue weighted by Crippen LogP contribution is 2.33. The van der Waals surface area contributed by atoms with Gasteiger partial charge in [0.2, 0.25) is 5.91 Å². The summed E-state index contributed by atoms with van der Waals surface area (Å²) >= 11 is 0. The number of amides is 1. The number of hydrogen-bond donors (Lipinski definition) is 2. The molecule has 0 aliphatic heterocycles. The van der Waals surface area contributed by atoms with Gasteiger partial charge < -0.3 is 11.1 Å². The lowest BCUT2D eigenvalue weighted by Crippen LogP contribution is -2.34. The fourth-order valence-corrected chi connectivity index (χ4v) is 2.61. The van der Waals surface area contributed by atoms with Crippen LogP contribution >= 0.6 is 0 Å². The molecule has 2 rings (SSSR count). The molecule has 0 heterocycles. The third-order valence-corrected chi connectivity index (χ3v) is 3.69. The number of nitrogens with one attached hydrogen (secondary N) is 1. The second-order valence-electron chi connectivity index (χ2n) is 5.06. The highest BCUT2D eigenvalue weighted by atomic mass is 19.4. The number of nitriles is 1. The lowest BCUT2D eigenvalue weighted by molar-refractivity contribution is -0.137. The number of anilines is 1. The fraction of sp³-hybridized carbons (Fsp3) is 0.429. The predicted molar refractivity (Wildman–Crippen MR) is 70.1 cm³/mol. The molecule has 0 saturated heterocycles. The van der Waals surface area contributed by atoms with E-state index in [0.29, 0.717) is 18.5 Å². The van der Waals surface area contributed by atoms with Crippen LogP contribution in [0, 0.1) is 17.2 Å². The minimum Gasteiger partial charge on any atom is -0.380 e. The van der Waals surface area contributed by atoms with Crippen LogP contribution in [-0.4, -0.2) is 11.9 Å². The molecule has 1 amide bonds. The number of rotatable bonds is 3. The van der Waals surface area contributed by atoms with Crippen molar-refractivity contribution in [3.63, 3.8) is 0 Å². The van der Waals surface area contributed by atoms with E-state index in [2.05, 4.69) is 5.32 Å². The molecule has 0 bridgehead atoms. The molecule has 21 heavy (non-hydrogen) atoms. The molecule has 112 valence electrons. The maximum atomic E-state index is 12.6. The normalized spacial score (nSPS) is 21.8. The molecule has 0 aromatic heterocycles. The first kappa shape index (κ1) is 15.2. The van der Waals surface area contributed by atoms with Crippen molar-refractivity contribution in [2.45, 2.75) is 31.5 Å². The average molecular weight is 297 g/mol. The van der Waals surface area contributed by atoms with Crippen molar-refractivity contribution in [2.75, 3.05) is 5.32 Å².